The fourth-order valence-corrected chi connectivity index (χ4v) is 4.27. The van der Waals surface area contributed by atoms with Crippen LogP contribution in [0.4, 0.5) is 10.5 Å². The Balaban J connectivity index is 1.33. The minimum absolute atomic E-state index is 0.0257. The van der Waals surface area contributed by atoms with Gasteiger partial charge in [-0.3, -0.25) is 10.1 Å². The van der Waals surface area contributed by atoms with Gasteiger partial charge in [0.15, 0.2) is 0 Å². The molecule has 1 aliphatic carbocycles. The number of hydrogen-bond donors (Lipinski definition) is 3. The number of fused-ring (bicyclic) bond motifs is 3. The molecule has 0 spiro atoms. The zero-order valence-corrected chi connectivity index (χ0v) is 19.1. The summed E-state index contributed by atoms with van der Waals surface area (Å²) in [5.74, 6) is -1.30. The highest BCUT2D eigenvalue weighted by atomic mass is 16.5. The number of nitrogens with one attached hydrogen (secondary N) is 2. The van der Waals surface area contributed by atoms with Crippen molar-refractivity contribution in [1.29, 1.82) is 0 Å². The van der Waals surface area contributed by atoms with Gasteiger partial charge in [0.05, 0.1) is 0 Å². The second-order valence-electron chi connectivity index (χ2n) is 8.15. The number of carboxylic acid groups (broad SMARTS) is 1. The number of carbonyl (C=O) groups excluding carboxylic acids is 2. The van der Waals surface area contributed by atoms with Crippen LogP contribution in [0.5, 0.6) is 0 Å². The molecular formula is C28H26N2O5. The molecule has 0 fully saturated rings. The van der Waals surface area contributed by atoms with Crippen LogP contribution in [0.25, 0.3) is 11.1 Å². The fraction of sp³-hybridized carbons (Fsp3) is 0.179. The van der Waals surface area contributed by atoms with Crippen LogP contribution in [0.15, 0.2) is 84.9 Å². The number of amides is 2. The molecule has 7 nitrogen and oxygen atoms in total. The van der Waals surface area contributed by atoms with E-state index in [2.05, 4.69) is 34.9 Å². The number of aryl methyl sites for hydroxylation is 1. The largest absolute Gasteiger partial charge is 0.478 e. The first kappa shape index (κ1) is 23.8. The summed E-state index contributed by atoms with van der Waals surface area (Å²) in [6.45, 7) is 0.360. The van der Waals surface area contributed by atoms with Crippen LogP contribution in [0.3, 0.4) is 0 Å². The number of rotatable bonds is 9. The third-order valence-corrected chi connectivity index (χ3v) is 5.90. The molecule has 0 radical (unpaired) electrons. The van der Waals surface area contributed by atoms with Crippen LogP contribution in [-0.2, 0) is 20.7 Å². The van der Waals surface area contributed by atoms with E-state index in [4.69, 9.17) is 9.84 Å². The second kappa shape index (κ2) is 11.2. The third-order valence-electron chi connectivity index (χ3n) is 5.90. The van der Waals surface area contributed by atoms with Crippen LogP contribution < -0.4 is 10.6 Å². The first-order chi connectivity index (χ1) is 17.0. The summed E-state index contributed by atoms with van der Waals surface area (Å²) >= 11 is 0. The van der Waals surface area contributed by atoms with E-state index in [0.29, 0.717) is 12.1 Å². The van der Waals surface area contributed by atoms with Crippen LogP contribution in [0, 0.1) is 0 Å². The quantitative estimate of drug-likeness (QED) is 0.392. The smallest absolute Gasteiger partial charge is 0.411 e. The molecule has 35 heavy (non-hydrogen) atoms. The van der Waals surface area contributed by atoms with Crippen molar-refractivity contribution in [2.75, 3.05) is 18.5 Å². The van der Waals surface area contributed by atoms with Crippen molar-refractivity contribution in [1.82, 2.24) is 5.32 Å². The Hall–Kier alpha value is -4.39. The van der Waals surface area contributed by atoms with Gasteiger partial charge >= 0.3 is 12.1 Å². The Kier molecular flexibility index (Phi) is 7.57. The van der Waals surface area contributed by atoms with E-state index >= 15 is 0 Å². The van der Waals surface area contributed by atoms with Gasteiger partial charge in [0, 0.05) is 30.6 Å². The van der Waals surface area contributed by atoms with Crippen molar-refractivity contribution < 1.29 is 24.2 Å². The lowest BCUT2D eigenvalue weighted by atomic mass is 9.98. The number of anilines is 1. The van der Waals surface area contributed by atoms with Crippen LogP contribution in [0.2, 0.25) is 0 Å². The number of hydrogen-bond acceptors (Lipinski definition) is 4. The number of ether oxygens (including phenoxy) is 1. The monoisotopic (exact) mass is 470 g/mol. The predicted octanol–water partition coefficient (Wildman–Crippen LogP) is 4.74. The lowest BCUT2D eigenvalue weighted by Gasteiger charge is -2.15. The molecule has 0 unspecified atom stereocenters. The molecular weight excluding hydrogens is 444 g/mol. The van der Waals surface area contributed by atoms with E-state index in [1.807, 2.05) is 36.4 Å². The summed E-state index contributed by atoms with van der Waals surface area (Å²) in [7, 11) is 0. The van der Waals surface area contributed by atoms with E-state index in [9.17, 15) is 14.4 Å². The molecule has 0 saturated carbocycles. The summed E-state index contributed by atoms with van der Waals surface area (Å²) in [5.41, 5.74) is 6.01. The van der Waals surface area contributed by atoms with Crippen molar-refractivity contribution in [3.05, 3.63) is 102 Å². The predicted molar refractivity (Wildman–Crippen MR) is 133 cm³/mol. The van der Waals surface area contributed by atoms with E-state index in [1.165, 1.54) is 17.2 Å². The Morgan fingerprint density at radius 2 is 1.51 bits per heavy atom. The first-order valence-electron chi connectivity index (χ1n) is 11.4. The lowest BCUT2D eigenvalue weighted by molar-refractivity contribution is -0.131. The highest BCUT2D eigenvalue weighted by Gasteiger charge is 2.29. The summed E-state index contributed by atoms with van der Waals surface area (Å²) in [6, 6.07) is 23.6. The van der Waals surface area contributed by atoms with Crippen molar-refractivity contribution in [3.63, 3.8) is 0 Å². The molecule has 4 rings (SSSR count). The van der Waals surface area contributed by atoms with Crippen molar-refractivity contribution >= 4 is 23.7 Å². The SMILES string of the molecule is O=C(O)/C=C/CNC(=O)CCc1ccccc1NC(=O)OCC1c2ccccc2-c2ccccc21. The molecule has 3 aromatic rings. The second-order valence-corrected chi connectivity index (χ2v) is 8.15. The topological polar surface area (TPSA) is 105 Å². The molecule has 0 atom stereocenters. The van der Waals surface area contributed by atoms with Crippen molar-refractivity contribution in [2.24, 2.45) is 0 Å². The van der Waals surface area contributed by atoms with Crippen molar-refractivity contribution in [2.45, 2.75) is 18.8 Å². The zero-order chi connectivity index (χ0) is 24.6. The number of para-hydroxylation sites is 1. The maximum Gasteiger partial charge on any atom is 0.411 e. The Bertz CT molecular complexity index is 1220. The molecule has 0 aromatic heterocycles. The number of carbonyl (C=O) groups is 3. The van der Waals surface area contributed by atoms with E-state index in [-0.39, 0.29) is 31.4 Å². The molecule has 3 aromatic carbocycles. The number of aliphatic carboxylic acids is 1. The average molecular weight is 471 g/mol. The zero-order valence-electron chi connectivity index (χ0n) is 19.1. The maximum atomic E-state index is 12.6. The van der Waals surface area contributed by atoms with E-state index in [0.717, 1.165) is 22.8 Å². The molecule has 3 N–H and O–H groups in total. The van der Waals surface area contributed by atoms with Crippen LogP contribution in [-0.4, -0.2) is 36.2 Å². The first-order valence-corrected chi connectivity index (χ1v) is 11.4. The molecule has 0 saturated heterocycles. The van der Waals surface area contributed by atoms with Crippen LogP contribution in [0.1, 0.15) is 29.0 Å². The molecule has 0 bridgehead atoms. The van der Waals surface area contributed by atoms with Gasteiger partial charge in [0.25, 0.3) is 0 Å². The highest BCUT2D eigenvalue weighted by Crippen LogP contribution is 2.44. The summed E-state index contributed by atoms with van der Waals surface area (Å²) in [4.78, 5) is 35.2. The van der Waals surface area contributed by atoms with Crippen molar-refractivity contribution in [3.8, 4) is 11.1 Å². The third kappa shape index (κ3) is 5.95. The lowest BCUT2D eigenvalue weighted by Crippen LogP contribution is -2.24. The number of carboxylic acids is 1. The molecule has 178 valence electrons. The number of benzene rings is 3. The van der Waals surface area contributed by atoms with Gasteiger partial charge in [0.1, 0.15) is 6.61 Å². The van der Waals surface area contributed by atoms with Gasteiger partial charge in [-0.15, -0.1) is 0 Å². The highest BCUT2D eigenvalue weighted by molar-refractivity contribution is 5.86. The standard InChI is InChI=1S/C28H26N2O5/c31-26(29-17-7-14-27(32)33)16-15-19-8-1-6-13-25(19)30-28(34)35-18-24-22-11-4-2-9-20(22)21-10-3-5-12-23(21)24/h1-14,24H,15-18H2,(H,29,31)(H,30,34)(H,32,33)/b14-7+. The van der Waals surface area contributed by atoms with Gasteiger partial charge < -0.3 is 15.2 Å². The Labute approximate surface area is 203 Å². The van der Waals surface area contributed by atoms with E-state index in [1.54, 1.807) is 12.1 Å². The minimum atomic E-state index is -1.06. The Morgan fingerprint density at radius 1 is 0.886 bits per heavy atom. The van der Waals surface area contributed by atoms with Gasteiger partial charge in [-0.25, -0.2) is 9.59 Å². The Morgan fingerprint density at radius 3 is 2.20 bits per heavy atom. The van der Waals surface area contributed by atoms with Crippen LogP contribution >= 0.6 is 0 Å². The van der Waals surface area contributed by atoms with Gasteiger partial charge in [-0.05, 0) is 40.3 Å². The summed E-state index contributed by atoms with van der Waals surface area (Å²) in [5, 5.41) is 14.0. The molecule has 2 amide bonds. The average Bonchev–Trinajstić information content (AvgIpc) is 3.18. The fourth-order valence-electron chi connectivity index (χ4n) is 4.27. The molecule has 1 aliphatic rings. The normalized spacial score (nSPS) is 12.1. The van der Waals surface area contributed by atoms with Gasteiger partial charge in [0.2, 0.25) is 5.91 Å². The molecule has 0 heterocycles. The summed E-state index contributed by atoms with van der Waals surface area (Å²) in [6.07, 6.45) is 2.40. The maximum absolute atomic E-state index is 12.6. The van der Waals surface area contributed by atoms with E-state index < -0.39 is 12.1 Å². The van der Waals surface area contributed by atoms with Gasteiger partial charge in [-0.1, -0.05) is 72.8 Å². The van der Waals surface area contributed by atoms with Gasteiger partial charge in [-0.2, -0.15) is 0 Å². The molecule has 7 heteroatoms. The molecule has 0 aliphatic heterocycles. The minimum Gasteiger partial charge on any atom is -0.478 e. The summed E-state index contributed by atoms with van der Waals surface area (Å²) < 4.78 is 5.62.